The molecule has 0 aromatic carbocycles. The molecular formula is C10H17N5O2. The Morgan fingerprint density at radius 3 is 3.29 bits per heavy atom. The Hall–Kier alpha value is -1.47. The van der Waals surface area contributed by atoms with E-state index < -0.39 is 0 Å². The lowest BCUT2D eigenvalue weighted by molar-refractivity contribution is -0.122. The second-order valence-corrected chi connectivity index (χ2v) is 4.00. The number of carbonyl (C=O) groups excluding carboxylic acids is 1. The van der Waals surface area contributed by atoms with Crippen molar-refractivity contribution in [1.29, 1.82) is 0 Å². The highest BCUT2D eigenvalue weighted by atomic mass is 16.5. The first-order valence-corrected chi connectivity index (χ1v) is 5.79. The van der Waals surface area contributed by atoms with Crippen molar-refractivity contribution < 1.29 is 9.32 Å². The van der Waals surface area contributed by atoms with Crippen LogP contribution in [-0.2, 0) is 11.3 Å². The van der Waals surface area contributed by atoms with Crippen molar-refractivity contribution in [2.24, 2.45) is 0 Å². The Kier molecular flexibility index (Phi) is 4.45. The van der Waals surface area contributed by atoms with Crippen LogP contribution in [0.25, 0.3) is 0 Å². The minimum Gasteiger partial charge on any atom is -0.348 e. The third kappa shape index (κ3) is 4.12. The highest BCUT2D eigenvalue weighted by molar-refractivity contribution is 5.77. The van der Waals surface area contributed by atoms with Gasteiger partial charge in [0.1, 0.15) is 0 Å². The van der Waals surface area contributed by atoms with Crippen molar-refractivity contribution in [3.63, 3.8) is 0 Å². The largest absolute Gasteiger partial charge is 0.348 e. The molecule has 0 saturated carbocycles. The van der Waals surface area contributed by atoms with Crippen molar-refractivity contribution in [2.75, 3.05) is 32.7 Å². The molecule has 1 amide bonds. The van der Waals surface area contributed by atoms with Gasteiger partial charge in [-0.25, -0.2) is 0 Å². The molecule has 2 heterocycles. The van der Waals surface area contributed by atoms with Gasteiger partial charge < -0.3 is 15.2 Å². The summed E-state index contributed by atoms with van der Waals surface area (Å²) in [6.45, 7) is 4.60. The summed E-state index contributed by atoms with van der Waals surface area (Å²) >= 11 is 0. The highest BCUT2D eigenvalue weighted by Gasteiger charge is 2.12. The lowest BCUT2D eigenvalue weighted by Gasteiger charge is -2.18. The van der Waals surface area contributed by atoms with Crippen molar-refractivity contribution in [3.05, 3.63) is 12.2 Å². The van der Waals surface area contributed by atoms with Gasteiger partial charge in [-0.3, -0.25) is 9.69 Å². The molecule has 0 aliphatic carbocycles. The number of amides is 1. The Labute approximate surface area is 99.6 Å². The van der Waals surface area contributed by atoms with Crippen LogP contribution in [0.2, 0.25) is 0 Å². The Balaban J connectivity index is 1.69. The van der Waals surface area contributed by atoms with E-state index in [4.69, 9.17) is 0 Å². The standard InChI is InChI=1S/C10H17N5O2/c16-10(12-6-9-13-8-17-14-9)7-15-4-1-2-11-3-5-15/h8,11H,1-7H2,(H,12,16). The zero-order chi connectivity index (χ0) is 11.9. The molecule has 7 nitrogen and oxygen atoms in total. The number of aromatic nitrogens is 2. The number of nitrogens with one attached hydrogen (secondary N) is 2. The van der Waals surface area contributed by atoms with Crippen LogP contribution in [0.1, 0.15) is 12.2 Å². The summed E-state index contributed by atoms with van der Waals surface area (Å²) in [5.74, 6) is 0.493. The summed E-state index contributed by atoms with van der Waals surface area (Å²) in [6, 6.07) is 0. The molecule has 0 spiro atoms. The third-order valence-corrected chi connectivity index (χ3v) is 2.65. The molecule has 1 aromatic rings. The van der Waals surface area contributed by atoms with Crippen LogP contribution in [0.15, 0.2) is 10.9 Å². The zero-order valence-electron chi connectivity index (χ0n) is 9.69. The first-order valence-electron chi connectivity index (χ1n) is 5.79. The molecule has 0 atom stereocenters. The molecular weight excluding hydrogens is 222 g/mol. The second kappa shape index (κ2) is 6.31. The second-order valence-electron chi connectivity index (χ2n) is 4.00. The normalized spacial score (nSPS) is 17.6. The molecule has 0 bridgehead atoms. The maximum atomic E-state index is 11.7. The molecule has 2 N–H and O–H groups in total. The van der Waals surface area contributed by atoms with Gasteiger partial charge in [0, 0.05) is 13.1 Å². The predicted molar refractivity (Wildman–Crippen MR) is 60.1 cm³/mol. The van der Waals surface area contributed by atoms with Crippen LogP contribution in [0.4, 0.5) is 0 Å². The number of rotatable bonds is 4. The number of hydrogen-bond acceptors (Lipinski definition) is 6. The molecule has 17 heavy (non-hydrogen) atoms. The minimum absolute atomic E-state index is 0.00306. The lowest BCUT2D eigenvalue weighted by atomic mass is 10.4. The predicted octanol–water partition coefficient (Wildman–Crippen LogP) is -1.02. The fourth-order valence-corrected chi connectivity index (χ4v) is 1.77. The van der Waals surface area contributed by atoms with E-state index >= 15 is 0 Å². The zero-order valence-corrected chi connectivity index (χ0v) is 9.69. The number of nitrogens with zero attached hydrogens (tertiary/aromatic N) is 3. The van der Waals surface area contributed by atoms with Gasteiger partial charge in [0.15, 0.2) is 5.82 Å². The molecule has 1 aliphatic rings. The Morgan fingerprint density at radius 2 is 2.47 bits per heavy atom. The molecule has 1 aliphatic heterocycles. The topological polar surface area (TPSA) is 83.3 Å². The fourth-order valence-electron chi connectivity index (χ4n) is 1.77. The fraction of sp³-hybridized carbons (Fsp3) is 0.700. The Bertz CT molecular complexity index is 332. The molecule has 1 aromatic heterocycles. The van der Waals surface area contributed by atoms with Gasteiger partial charge in [-0.2, -0.15) is 4.98 Å². The van der Waals surface area contributed by atoms with Crippen LogP contribution in [0, 0.1) is 0 Å². The smallest absolute Gasteiger partial charge is 0.234 e. The third-order valence-electron chi connectivity index (χ3n) is 2.65. The summed E-state index contributed by atoms with van der Waals surface area (Å²) in [5.41, 5.74) is 0. The molecule has 0 radical (unpaired) electrons. The maximum absolute atomic E-state index is 11.7. The lowest BCUT2D eigenvalue weighted by Crippen LogP contribution is -2.38. The van der Waals surface area contributed by atoms with Crippen molar-refractivity contribution in [2.45, 2.75) is 13.0 Å². The average molecular weight is 239 g/mol. The van der Waals surface area contributed by atoms with E-state index in [1.54, 1.807) is 0 Å². The monoisotopic (exact) mass is 239 g/mol. The van der Waals surface area contributed by atoms with Gasteiger partial charge in [-0.05, 0) is 19.5 Å². The van der Waals surface area contributed by atoms with Crippen LogP contribution in [0.5, 0.6) is 0 Å². The molecule has 1 fully saturated rings. The first-order chi connectivity index (χ1) is 8.34. The summed E-state index contributed by atoms with van der Waals surface area (Å²) in [5, 5.41) is 9.69. The highest BCUT2D eigenvalue weighted by Crippen LogP contribution is 1.95. The summed E-state index contributed by atoms with van der Waals surface area (Å²) in [7, 11) is 0. The maximum Gasteiger partial charge on any atom is 0.234 e. The summed E-state index contributed by atoms with van der Waals surface area (Å²) in [4.78, 5) is 17.6. The van der Waals surface area contributed by atoms with Crippen LogP contribution >= 0.6 is 0 Å². The summed E-state index contributed by atoms with van der Waals surface area (Å²) in [6.07, 6.45) is 2.33. The van der Waals surface area contributed by atoms with Gasteiger partial charge in [0.25, 0.3) is 0 Å². The number of hydrogen-bond donors (Lipinski definition) is 2. The Morgan fingerprint density at radius 1 is 1.53 bits per heavy atom. The van der Waals surface area contributed by atoms with E-state index in [0.717, 1.165) is 32.6 Å². The van der Waals surface area contributed by atoms with Crippen molar-refractivity contribution in [3.8, 4) is 0 Å². The molecule has 7 heteroatoms. The average Bonchev–Trinajstić information content (AvgIpc) is 2.72. The SMILES string of the molecule is O=C(CN1CCCNCC1)NCc1ncon1. The summed E-state index contributed by atoms with van der Waals surface area (Å²) < 4.78 is 4.58. The van der Waals surface area contributed by atoms with E-state index in [0.29, 0.717) is 18.9 Å². The van der Waals surface area contributed by atoms with Crippen LogP contribution in [0.3, 0.4) is 0 Å². The van der Waals surface area contributed by atoms with E-state index in [-0.39, 0.29) is 5.91 Å². The molecule has 1 saturated heterocycles. The van der Waals surface area contributed by atoms with E-state index in [2.05, 4.69) is 30.2 Å². The molecule has 2 rings (SSSR count). The van der Waals surface area contributed by atoms with Crippen molar-refractivity contribution >= 4 is 5.91 Å². The van der Waals surface area contributed by atoms with E-state index in [1.165, 1.54) is 6.39 Å². The van der Waals surface area contributed by atoms with E-state index in [1.807, 2.05) is 0 Å². The first kappa shape index (κ1) is 12.0. The van der Waals surface area contributed by atoms with Gasteiger partial charge in [-0.15, -0.1) is 0 Å². The molecule has 0 unspecified atom stereocenters. The van der Waals surface area contributed by atoms with Crippen LogP contribution in [-0.4, -0.2) is 53.7 Å². The van der Waals surface area contributed by atoms with Crippen LogP contribution < -0.4 is 10.6 Å². The minimum atomic E-state index is -0.00306. The van der Waals surface area contributed by atoms with Crippen molar-refractivity contribution in [1.82, 2.24) is 25.7 Å². The quantitative estimate of drug-likeness (QED) is 0.700. The van der Waals surface area contributed by atoms with Gasteiger partial charge in [-0.1, -0.05) is 5.16 Å². The van der Waals surface area contributed by atoms with Gasteiger partial charge in [0.05, 0.1) is 13.1 Å². The number of carbonyl (C=O) groups is 1. The van der Waals surface area contributed by atoms with Gasteiger partial charge in [0.2, 0.25) is 12.3 Å². The molecule has 94 valence electrons. The van der Waals surface area contributed by atoms with E-state index in [9.17, 15) is 4.79 Å². The van der Waals surface area contributed by atoms with Gasteiger partial charge >= 0.3 is 0 Å².